The molecule has 1 atom stereocenters. The van der Waals surface area contributed by atoms with Gasteiger partial charge in [0.25, 0.3) is 0 Å². The summed E-state index contributed by atoms with van der Waals surface area (Å²) in [6, 6.07) is 0.351. The Bertz CT molecular complexity index is 136. The zero-order chi connectivity index (χ0) is 8.69. The SMILES string of the molecule is CCC(C)N=CN(C=N)SC. The molecule has 0 amide bonds. The van der Waals surface area contributed by atoms with Gasteiger partial charge < -0.3 is 0 Å². The van der Waals surface area contributed by atoms with E-state index in [-0.39, 0.29) is 0 Å². The van der Waals surface area contributed by atoms with Gasteiger partial charge in [-0.25, -0.2) is 0 Å². The molecule has 0 aliphatic heterocycles. The number of nitrogens with zero attached hydrogens (tertiary/aromatic N) is 2. The second kappa shape index (κ2) is 6.22. The van der Waals surface area contributed by atoms with Crippen molar-refractivity contribution in [3.05, 3.63) is 0 Å². The van der Waals surface area contributed by atoms with Gasteiger partial charge in [0.15, 0.2) is 0 Å². The van der Waals surface area contributed by atoms with Crippen LogP contribution in [0.25, 0.3) is 0 Å². The zero-order valence-electron chi connectivity index (χ0n) is 7.24. The summed E-state index contributed by atoms with van der Waals surface area (Å²) in [5.74, 6) is 0. The Balaban J connectivity index is 3.77. The van der Waals surface area contributed by atoms with Crippen molar-refractivity contribution in [1.29, 1.82) is 5.41 Å². The van der Waals surface area contributed by atoms with Crippen LogP contribution in [-0.4, -0.2) is 29.3 Å². The van der Waals surface area contributed by atoms with Crippen LogP contribution in [0.3, 0.4) is 0 Å². The minimum atomic E-state index is 0.351. The molecular formula is C7H15N3S. The lowest BCUT2D eigenvalue weighted by Crippen LogP contribution is -2.10. The van der Waals surface area contributed by atoms with Gasteiger partial charge in [-0.1, -0.05) is 6.92 Å². The molecule has 0 radical (unpaired) electrons. The minimum Gasteiger partial charge on any atom is -0.290 e. The van der Waals surface area contributed by atoms with Gasteiger partial charge in [-0.15, -0.1) is 0 Å². The lowest BCUT2D eigenvalue weighted by Gasteiger charge is -2.08. The van der Waals surface area contributed by atoms with E-state index in [1.165, 1.54) is 18.3 Å². The fraction of sp³-hybridized carbons (Fsp3) is 0.714. The first-order valence-corrected chi connectivity index (χ1v) is 4.79. The third-order valence-corrected chi connectivity index (χ3v) is 1.99. The molecule has 3 nitrogen and oxygen atoms in total. The van der Waals surface area contributed by atoms with E-state index in [1.807, 2.05) is 6.26 Å². The van der Waals surface area contributed by atoms with Crippen molar-refractivity contribution in [2.24, 2.45) is 4.99 Å². The molecule has 0 spiro atoms. The van der Waals surface area contributed by atoms with E-state index in [4.69, 9.17) is 5.41 Å². The summed E-state index contributed by atoms with van der Waals surface area (Å²) in [5, 5.41) is 6.95. The first kappa shape index (κ1) is 10.5. The Hall–Kier alpha value is -0.510. The Kier molecular flexibility index (Phi) is 5.93. The molecule has 4 heteroatoms. The normalized spacial score (nSPS) is 13.4. The second-order valence-corrected chi connectivity index (χ2v) is 2.98. The second-order valence-electron chi connectivity index (χ2n) is 2.19. The van der Waals surface area contributed by atoms with Gasteiger partial charge in [0.05, 0.1) is 6.34 Å². The van der Waals surface area contributed by atoms with E-state index in [2.05, 4.69) is 18.8 Å². The minimum absolute atomic E-state index is 0.351. The van der Waals surface area contributed by atoms with E-state index >= 15 is 0 Å². The largest absolute Gasteiger partial charge is 0.290 e. The molecule has 0 rings (SSSR count). The van der Waals surface area contributed by atoms with Crippen LogP contribution in [0, 0.1) is 5.41 Å². The first-order chi connectivity index (χ1) is 5.24. The summed E-state index contributed by atoms with van der Waals surface area (Å²) < 4.78 is 1.66. The lowest BCUT2D eigenvalue weighted by atomic mass is 10.3. The molecule has 1 N–H and O–H groups in total. The molecule has 0 aliphatic carbocycles. The molecule has 0 fully saturated rings. The predicted molar refractivity (Wildman–Crippen MR) is 52.4 cm³/mol. The summed E-state index contributed by atoms with van der Waals surface area (Å²) in [6.07, 6.45) is 5.88. The fourth-order valence-corrected chi connectivity index (χ4v) is 0.672. The Morgan fingerprint density at radius 3 is 2.73 bits per heavy atom. The summed E-state index contributed by atoms with van der Waals surface area (Å²) >= 11 is 1.46. The Labute approximate surface area is 72.5 Å². The molecule has 11 heavy (non-hydrogen) atoms. The fourth-order valence-electron chi connectivity index (χ4n) is 0.418. The van der Waals surface area contributed by atoms with Gasteiger partial charge in [-0.05, 0) is 25.3 Å². The van der Waals surface area contributed by atoms with Gasteiger partial charge in [-0.2, -0.15) is 0 Å². The van der Waals surface area contributed by atoms with Crippen molar-refractivity contribution in [3.8, 4) is 0 Å². The molecule has 64 valence electrons. The van der Waals surface area contributed by atoms with Crippen LogP contribution in [0.1, 0.15) is 20.3 Å². The molecule has 0 saturated carbocycles. The monoisotopic (exact) mass is 173 g/mol. The van der Waals surface area contributed by atoms with Gasteiger partial charge >= 0.3 is 0 Å². The third kappa shape index (κ3) is 4.84. The summed E-state index contributed by atoms with van der Waals surface area (Å²) in [6.45, 7) is 4.15. The molecule has 0 saturated heterocycles. The average Bonchev–Trinajstić information content (AvgIpc) is 2.06. The van der Waals surface area contributed by atoms with Crippen molar-refractivity contribution in [1.82, 2.24) is 4.31 Å². The molecule has 0 aromatic heterocycles. The smallest absolute Gasteiger partial charge is 0.101 e. The summed E-state index contributed by atoms with van der Waals surface area (Å²) in [4.78, 5) is 4.21. The summed E-state index contributed by atoms with van der Waals surface area (Å²) in [5.41, 5.74) is 0. The van der Waals surface area contributed by atoms with Crippen molar-refractivity contribution >= 4 is 24.6 Å². The highest BCUT2D eigenvalue weighted by molar-refractivity contribution is 7.97. The number of hydrogen-bond donors (Lipinski definition) is 1. The third-order valence-electron chi connectivity index (χ3n) is 1.36. The quantitative estimate of drug-likeness (QED) is 0.392. The number of rotatable bonds is 5. The van der Waals surface area contributed by atoms with E-state index in [0.717, 1.165) is 6.42 Å². The van der Waals surface area contributed by atoms with Crippen LogP contribution in [-0.2, 0) is 0 Å². The van der Waals surface area contributed by atoms with E-state index in [1.54, 1.807) is 10.6 Å². The van der Waals surface area contributed by atoms with Crippen LogP contribution in [0.15, 0.2) is 4.99 Å². The predicted octanol–water partition coefficient (Wildman–Crippen LogP) is 2.00. The molecular weight excluding hydrogens is 158 g/mol. The molecule has 0 aromatic carbocycles. The van der Waals surface area contributed by atoms with E-state index in [9.17, 15) is 0 Å². The van der Waals surface area contributed by atoms with Crippen LogP contribution < -0.4 is 0 Å². The molecule has 0 aromatic rings. The molecule has 0 aliphatic rings. The van der Waals surface area contributed by atoms with Gasteiger partial charge in [0.1, 0.15) is 6.34 Å². The van der Waals surface area contributed by atoms with Crippen LogP contribution in [0.2, 0.25) is 0 Å². The highest BCUT2D eigenvalue weighted by atomic mass is 32.2. The highest BCUT2D eigenvalue weighted by Gasteiger charge is 1.93. The van der Waals surface area contributed by atoms with Gasteiger partial charge in [0.2, 0.25) is 0 Å². The van der Waals surface area contributed by atoms with Gasteiger partial charge in [0, 0.05) is 12.3 Å². The van der Waals surface area contributed by atoms with Crippen LogP contribution in [0.5, 0.6) is 0 Å². The number of aliphatic imine (C=N–C) groups is 1. The molecule has 1 unspecified atom stereocenters. The Morgan fingerprint density at radius 1 is 1.73 bits per heavy atom. The number of hydrogen-bond acceptors (Lipinski definition) is 3. The van der Waals surface area contributed by atoms with E-state index in [0.29, 0.717) is 6.04 Å². The zero-order valence-corrected chi connectivity index (χ0v) is 8.06. The van der Waals surface area contributed by atoms with Crippen molar-refractivity contribution in [2.75, 3.05) is 6.26 Å². The maximum Gasteiger partial charge on any atom is 0.101 e. The maximum absolute atomic E-state index is 6.95. The number of nitrogens with one attached hydrogen (secondary N) is 1. The van der Waals surface area contributed by atoms with Crippen LogP contribution >= 0.6 is 11.9 Å². The van der Waals surface area contributed by atoms with E-state index < -0.39 is 0 Å². The molecule has 0 heterocycles. The molecule has 0 bridgehead atoms. The highest BCUT2D eigenvalue weighted by Crippen LogP contribution is 1.99. The average molecular weight is 173 g/mol. The standard InChI is InChI=1S/C7H15N3S/c1-4-7(2)9-6-10(5-8)11-3/h5-8H,4H2,1-3H3. The van der Waals surface area contributed by atoms with Crippen molar-refractivity contribution in [3.63, 3.8) is 0 Å². The van der Waals surface area contributed by atoms with Crippen LogP contribution in [0.4, 0.5) is 0 Å². The topological polar surface area (TPSA) is 39.5 Å². The summed E-state index contributed by atoms with van der Waals surface area (Å²) in [7, 11) is 0. The van der Waals surface area contributed by atoms with Crippen molar-refractivity contribution in [2.45, 2.75) is 26.3 Å². The lowest BCUT2D eigenvalue weighted by molar-refractivity contribution is 0.713. The van der Waals surface area contributed by atoms with Gasteiger partial charge in [-0.3, -0.25) is 14.7 Å². The maximum atomic E-state index is 6.95. The Morgan fingerprint density at radius 2 is 2.36 bits per heavy atom. The van der Waals surface area contributed by atoms with Crippen molar-refractivity contribution < 1.29 is 0 Å². The first-order valence-electron chi connectivity index (χ1n) is 3.60.